The predicted octanol–water partition coefficient (Wildman–Crippen LogP) is 19.5. The van der Waals surface area contributed by atoms with E-state index in [0.29, 0.717) is 19.3 Å². The predicted molar refractivity (Wildman–Crippen MR) is 297 cm³/mol. The Hall–Kier alpha value is -3.41. The molecule has 1 unspecified atom stereocenters. The highest BCUT2D eigenvalue weighted by Crippen LogP contribution is 2.16. The molecule has 0 bridgehead atoms. The number of esters is 3. The molecule has 0 saturated carbocycles. The van der Waals surface area contributed by atoms with Gasteiger partial charge < -0.3 is 14.2 Å². The Kier molecular flexibility index (Phi) is 54.3. The summed E-state index contributed by atoms with van der Waals surface area (Å²) in [6.07, 6.45) is 74.3. The summed E-state index contributed by atoms with van der Waals surface area (Å²) >= 11 is 0. The van der Waals surface area contributed by atoms with Gasteiger partial charge in [0, 0.05) is 19.3 Å². The molecule has 0 amide bonds. The summed E-state index contributed by atoms with van der Waals surface area (Å²) in [6.45, 7) is 6.51. The number of carbonyl (C=O) groups excluding carboxylic acids is 3. The monoisotopic (exact) mass is 961 g/mol. The van der Waals surface area contributed by atoms with Gasteiger partial charge in [-0.1, -0.05) is 266 Å². The molecule has 0 saturated heterocycles. The van der Waals surface area contributed by atoms with Crippen LogP contribution in [0.2, 0.25) is 0 Å². The fourth-order valence-electron chi connectivity index (χ4n) is 8.07. The summed E-state index contributed by atoms with van der Waals surface area (Å²) in [6, 6.07) is 0. The topological polar surface area (TPSA) is 78.9 Å². The molecule has 0 aromatic rings. The number of hydrogen-bond acceptors (Lipinski definition) is 6. The van der Waals surface area contributed by atoms with Crippen molar-refractivity contribution >= 4 is 17.9 Å². The van der Waals surface area contributed by atoms with Gasteiger partial charge in [-0.3, -0.25) is 14.4 Å². The molecule has 0 aromatic carbocycles. The molecule has 0 fully saturated rings. The highest BCUT2D eigenvalue weighted by Gasteiger charge is 2.19. The Morgan fingerprint density at radius 2 is 0.565 bits per heavy atom. The molecule has 6 nitrogen and oxygen atoms in total. The van der Waals surface area contributed by atoms with Crippen LogP contribution in [-0.2, 0) is 28.6 Å². The van der Waals surface area contributed by atoms with Gasteiger partial charge >= 0.3 is 17.9 Å². The molecular weight excluding hydrogens is 853 g/mol. The van der Waals surface area contributed by atoms with Crippen molar-refractivity contribution in [3.63, 3.8) is 0 Å². The first kappa shape index (κ1) is 65.6. The normalized spacial score (nSPS) is 12.7. The van der Waals surface area contributed by atoms with Crippen molar-refractivity contribution in [1.82, 2.24) is 0 Å². The zero-order valence-electron chi connectivity index (χ0n) is 45.3. The van der Waals surface area contributed by atoms with Gasteiger partial charge in [0.1, 0.15) is 13.2 Å². The minimum absolute atomic E-state index is 0.0835. The zero-order chi connectivity index (χ0) is 50.0. The lowest BCUT2D eigenvalue weighted by Gasteiger charge is -2.18. The van der Waals surface area contributed by atoms with Crippen LogP contribution in [0.5, 0.6) is 0 Å². The van der Waals surface area contributed by atoms with Gasteiger partial charge in [-0.2, -0.15) is 0 Å². The average molecular weight is 962 g/mol. The van der Waals surface area contributed by atoms with Crippen LogP contribution in [0.4, 0.5) is 0 Å². The molecule has 0 aliphatic carbocycles. The first-order valence-electron chi connectivity index (χ1n) is 29.1. The van der Waals surface area contributed by atoms with E-state index in [-0.39, 0.29) is 31.1 Å². The molecule has 69 heavy (non-hydrogen) atoms. The van der Waals surface area contributed by atoms with E-state index in [0.717, 1.165) is 109 Å². The van der Waals surface area contributed by atoms with E-state index in [2.05, 4.69) is 106 Å². The van der Waals surface area contributed by atoms with E-state index >= 15 is 0 Å². The van der Waals surface area contributed by atoms with Crippen LogP contribution in [0.3, 0.4) is 0 Å². The van der Waals surface area contributed by atoms with Gasteiger partial charge in [-0.25, -0.2) is 0 Å². The van der Waals surface area contributed by atoms with E-state index in [9.17, 15) is 14.4 Å². The van der Waals surface area contributed by atoms with Gasteiger partial charge in [0.2, 0.25) is 0 Å². The highest BCUT2D eigenvalue weighted by molar-refractivity contribution is 5.71. The lowest BCUT2D eigenvalue weighted by molar-refractivity contribution is -0.167. The quantitative estimate of drug-likeness (QED) is 0.0262. The number of unbranched alkanes of at least 4 members (excludes halogenated alkanes) is 27. The Bertz CT molecular complexity index is 1330. The van der Waals surface area contributed by atoms with Crippen LogP contribution in [-0.4, -0.2) is 37.2 Å². The van der Waals surface area contributed by atoms with E-state index in [4.69, 9.17) is 14.2 Å². The number of ether oxygens (including phenoxy) is 3. The maximum atomic E-state index is 12.8. The van der Waals surface area contributed by atoms with Crippen LogP contribution >= 0.6 is 0 Å². The molecule has 1 atom stereocenters. The van der Waals surface area contributed by atoms with Crippen molar-refractivity contribution in [3.8, 4) is 0 Å². The Morgan fingerprint density at radius 1 is 0.304 bits per heavy atom. The van der Waals surface area contributed by atoms with E-state index in [1.807, 2.05) is 0 Å². The molecule has 0 aromatic heterocycles. The van der Waals surface area contributed by atoms with Crippen LogP contribution in [0, 0.1) is 0 Å². The molecule has 0 radical (unpaired) electrons. The second kappa shape index (κ2) is 57.2. The van der Waals surface area contributed by atoms with Crippen molar-refractivity contribution in [2.75, 3.05) is 13.2 Å². The molecule has 0 spiro atoms. The molecular formula is C63H108O6. The van der Waals surface area contributed by atoms with Crippen molar-refractivity contribution in [2.24, 2.45) is 0 Å². The van der Waals surface area contributed by atoms with E-state index in [1.165, 1.54) is 128 Å². The van der Waals surface area contributed by atoms with Crippen molar-refractivity contribution in [2.45, 2.75) is 284 Å². The number of rotatable bonds is 52. The lowest BCUT2D eigenvalue weighted by Crippen LogP contribution is -2.30. The third-order valence-electron chi connectivity index (χ3n) is 12.4. The summed E-state index contributed by atoms with van der Waals surface area (Å²) in [5, 5.41) is 0. The summed E-state index contributed by atoms with van der Waals surface area (Å²) in [5.41, 5.74) is 0. The standard InChI is InChI=1S/C63H108O6/c1-4-7-10-13-16-19-22-25-26-27-28-29-30-31-32-33-34-35-36-39-41-44-47-50-53-56-62(65)68-59-60(69-63(66)57-54-51-48-45-42-38-24-21-18-15-12-9-6-3)58-67-61(64)55-52-49-46-43-40-37-23-20-17-14-11-8-5-2/h7,10,16,19,25-26,28-29,31-32,34-35,39,41,60H,4-6,8-9,11-15,17-18,20-24,27,30,33,36-38,40,42-59H2,1-3H3/b10-7-,19-16-,26-25-,29-28-,32-31-,35-34-,41-39-. The lowest BCUT2D eigenvalue weighted by atomic mass is 10.0. The van der Waals surface area contributed by atoms with Crippen molar-refractivity contribution < 1.29 is 28.6 Å². The van der Waals surface area contributed by atoms with Crippen molar-refractivity contribution in [1.29, 1.82) is 0 Å². The number of carbonyl (C=O) groups is 3. The van der Waals surface area contributed by atoms with Gasteiger partial charge in [0.15, 0.2) is 6.10 Å². The van der Waals surface area contributed by atoms with Gasteiger partial charge in [-0.05, 0) is 77.0 Å². The van der Waals surface area contributed by atoms with E-state index < -0.39 is 6.10 Å². The van der Waals surface area contributed by atoms with Crippen LogP contribution in [0.25, 0.3) is 0 Å². The first-order chi connectivity index (χ1) is 34.0. The second-order valence-corrected chi connectivity index (χ2v) is 19.2. The maximum absolute atomic E-state index is 12.8. The van der Waals surface area contributed by atoms with Gasteiger partial charge in [0.25, 0.3) is 0 Å². The van der Waals surface area contributed by atoms with E-state index in [1.54, 1.807) is 0 Å². The maximum Gasteiger partial charge on any atom is 0.306 e. The third-order valence-corrected chi connectivity index (χ3v) is 12.4. The average Bonchev–Trinajstić information content (AvgIpc) is 3.35. The Labute approximate surface area is 426 Å². The van der Waals surface area contributed by atoms with Crippen LogP contribution in [0.1, 0.15) is 278 Å². The number of allylic oxidation sites excluding steroid dienone is 14. The minimum atomic E-state index is -0.787. The highest BCUT2D eigenvalue weighted by atomic mass is 16.6. The molecule has 0 rings (SSSR count). The molecule has 0 aliphatic rings. The summed E-state index contributed by atoms with van der Waals surface area (Å²) < 4.78 is 16.8. The smallest absolute Gasteiger partial charge is 0.306 e. The Morgan fingerprint density at radius 3 is 0.884 bits per heavy atom. The van der Waals surface area contributed by atoms with Crippen molar-refractivity contribution in [3.05, 3.63) is 85.1 Å². The summed E-state index contributed by atoms with van der Waals surface area (Å²) in [7, 11) is 0. The molecule has 0 aliphatic heterocycles. The second-order valence-electron chi connectivity index (χ2n) is 19.2. The number of hydrogen-bond donors (Lipinski definition) is 0. The molecule has 0 heterocycles. The molecule has 6 heteroatoms. The third kappa shape index (κ3) is 55.4. The molecule has 0 N–H and O–H groups in total. The minimum Gasteiger partial charge on any atom is -0.462 e. The zero-order valence-corrected chi connectivity index (χ0v) is 45.3. The summed E-state index contributed by atoms with van der Waals surface area (Å²) in [4.78, 5) is 38.1. The molecule has 396 valence electrons. The Balaban J connectivity index is 4.37. The first-order valence-corrected chi connectivity index (χ1v) is 29.1. The fraction of sp³-hybridized carbons (Fsp3) is 0.730. The van der Waals surface area contributed by atoms with Gasteiger partial charge in [-0.15, -0.1) is 0 Å². The fourth-order valence-corrected chi connectivity index (χ4v) is 8.07. The van der Waals surface area contributed by atoms with Crippen LogP contribution < -0.4 is 0 Å². The van der Waals surface area contributed by atoms with Crippen LogP contribution in [0.15, 0.2) is 85.1 Å². The van der Waals surface area contributed by atoms with Gasteiger partial charge in [0.05, 0.1) is 0 Å². The summed E-state index contributed by atoms with van der Waals surface area (Å²) in [5.74, 6) is -0.909. The SMILES string of the molecule is CC/C=C\C/C=C\C/C=C\C/C=C\C/C=C\C/C=C\C/C=C\CCCCCC(=O)OCC(COC(=O)CCCCCCCCCCCCCCC)OC(=O)CCCCCCCCCCCCCCC. The largest absolute Gasteiger partial charge is 0.462 e.